The van der Waals surface area contributed by atoms with Gasteiger partial charge in [0.15, 0.2) is 0 Å². The molecule has 0 bridgehead atoms. The second-order valence-corrected chi connectivity index (χ2v) is 6.46. The first-order valence-corrected chi connectivity index (χ1v) is 8.75. The fraction of sp³-hybridized carbons (Fsp3) is 0.250. The number of amides is 1. The van der Waals surface area contributed by atoms with Gasteiger partial charge in [-0.05, 0) is 29.8 Å². The van der Waals surface area contributed by atoms with E-state index in [0.717, 1.165) is 22.6 Å². The quantitative estimate of drug-likeness (QED) is 0.707. The zero-order chi connectivity index (χ0) is 18.8. The molecule has 146 valence electrons. The Labute approximate surface area is 168 Å². The van der Waals surface area contributed by atoms with Gasteiger partial charge in [0.25, 0.3) is 0 Å². The molecular formula is C20H21ClN4O3. The number of nitrogens with two attached hydrogens (primary N) is 1. The maximum Gasteiger partial charge on any atom is 0.232 e. The molecule has 0 aliphatic carbocycles. The molecule has 1 atom stereocenters. The lowest BCUT2D eigenvalue weighted by Crippen LogP contribution is -2.24. The van der Waals surface area contributed by atoms with Gasteiger partial charge in [-0.15, -0.1) is 12.4 Å². The molecule has 0 spiro atoms. The number of carbonyl (C=O) groups is 1. The second-order valence-electron chi connectivity index (χ2n) is 6.46. The number of nitrogens with zero attached hydrogens (tertiary/aromatic N) is 3. The summed E-state index contributed by atoms with van der Waals surface area (Å²) in [5, 5.41) is 4.07. The van der Waals surface area contributed by atoms with E-state index in [4.69, 9.17) is 15.0 Å². The van der Waals surface area contributed by atoms with Crippen molar-refractivity contribution in [3.05, 3.63) is 60.0 Å². The van der Waals surface area contributed by atoms with Gasteiger partial charge < -0.3 is 19.9 Å². The van der Waals surface area contributed by atoms with Gasteiger partial charge in [0, 0.05) is 30.8 Å². The van der Waals surface area contributed by atoms with Gasteiger partial charge in [0.2, 0.25) is 17.6 Å². The monoisotopic (exact) mass is 400 g/mol. The van der Waals surface area contributed by atoms with Gasteiger partial charge in [-0.25, -0.2) is 0 Å². The second kappa shape index (κ2) is 8.41. The lowest BCUT2D eigenvalue weighted by molar-refractivity contribution is -0.117. The smallest absolute Gasteiger partial charge is 0.232 e. The molecule has 1 unspecified atom stereocenters. The number of carbonyl (C=O) groups excluding carboxylic acids is 1. The molecule has 7 nitrogen and oxygen atoms in total. The van der Waals surface area contributed by atoms with Crippen molar-refractivity contribution < 1.29 is 14.1 Å². The molecule has 0 radical (unpaired) electrons. The van der Waals surface area contributed by atoms with Gasteiger partial charge in [0.1, 0.15) is 5.75 Å². The lowest BCUT2D eigenvalue weighted by Gasteiger charge is -2.16. The van der Waals surface area contributed by atoms with E-state index in [-0.39, 0.29) is 24.2 Å². The third kappa shape index (κ3) is 3.85. The third-order valence-corrected chi connectivity index (χ3v) is 4.75. The van der Waals surface area contributed by atoms with Crippen LogP contribution in [0.3, 0.4) is 0 Å². The zero-order valence-corrected chi connectivity index (χ0v) is 16.2. The summed E-state index contributed by atoms with van der Waals surface area (Å²) >= 11 is 0. The molecule has 1 saturated heterocycles. The molecule has 1 aromatic heterocycles. The van der Waals surface area contributed by atoms with Crippen LogP contribution in [0.25, 0.3) is 11.4 Å². The van der Waals surface area contributed by atoms with Gasteiger partial charge in [-0.1, -0.05) is 29.4 Å². The summed E-state index contributed by atoms with van der Waals surface area (Å²) in [7, 11) is 1.61. The van der Waals surface area contributed by atoms with Crippen LogP contribution in [-0.4, -0.2) is 29.7 Å². The third-order valence-electron chi connectivity index (χ3n) is 4.75. The molecule has 2 N–H and O–H groups in total. The van der Waals surface area contributed by atoms with Crippen molar-refractivity contribution in [3.8, 4) is 17.1 Å². The Hall–Kier alpha value is -2.90. The first kappa shape index (κ1) is 19.9. The number of benzene rings is 2. The Bertz CT molecular complexity index is 941. The van der Waals surface area contributed by atoms with Crippen LogP contribution in [0.5, 0.6) is 5.75 Å². The summed E-state index contributed by atoms with van der Waals surface area (Å²) < 4.78 is 10.6. The minimum absolute atomic E-state index is 0. The summed E-state index contributed by atoms with van der Waals surface area (Å²) in [6, 6.07) is 15.1. The zero-order valence-electron chi connectivity index (χ0n) is 15.4. The summed E-state index contributed by atoms with van der Waals surface area (Å²) in [6.07, 6.45) is 0.347. The lowest BCUT2D eigenvalue weighted by atomic mass is 10.1. The molecule has 1 aliphatic heterocycles. The van der Waals surface area contributed by atoms with Crippen LogP contribution in [0.15, 0.2) is 53.1 Å². The van der Waals surface area contributed by atoms with E-state index < -0.39 is 0 Å². The molecule has 8 heteroatoms. The number of halogens is 1. The average molecular weight is 401 g/mol. The maximum absolute atomic E-state index is 12.5. The van der Waals surface area contributed by atoms with Crippen LogP contribution in [0, 0.1) is 0 Å². The molecule has 1 aliphatic rings. The van der Waals surface area contributed by atoms with Crippen molar-refractivity contribution in [2.75, 3.05) is 18.6 Å². The Morgan fingerprint density at radius 3 is 2.54 bits per heavy atom. The van der Waals surface area contributed by atoms with Crippen LogP contribution in [0.2, 0.25) is 0 Å². The van der Waals surface area contributed by atoms with Gasteiger partial charge in [-0.3, -0.25) is 4.79 Å². The summed E-state index contributed by atoms with van der Waals surface area (Å²) in [6.45, 7) is 1.00. The first-order valence-electron chi connectivity index (χ1n) is 8.75. The predicted octanol–water partition coefficient (Wildman–Crippen LogP) is 3.15. The van der Waals surface area contributed by atoms with Crippen molar-refractivity contribution in [1.82, 2.24) is 10.1 Å². The number of anilines is 1. The minimum atomic E-state index is -0.121. The molecule has 0 saturated carbocycles. The van der Waals surface area contributed by atoms with E-state index in [1.54, 1.807) is 12.0 Å². The molecule has 1 amide bonds. The number of aromatic nitrogens is 2. The first-order chi connectivity index (χ1) is 13.2. The topological polar surface area (TPSA) is 94.5 Å². The highest BCUT2D eigenvalue weighted by Gasteiger charge is 2.35. The summed E-state index contributed by atoms with van der Waals surface area (Å²) in [4.78, 5) is 18.7. The largest absolute Gasteiger partial charge is 0.497 e. The van der Waals surface area contributed by atoms with E-state index in [9.17, 15) is 4.79 Å². The molecule has 4 rings (SSSR count). The van der Waals surface area contributed by atoms with Crippen LogP contribution in [0.4, 0.5) is 5.69 Å². The van der Waals surface area contributed by atoms with Gasteiger partial charge >= 0.3 is 0 Å². The van der Waals surface area contributed by atoms with Crippen LogP contribution >= 0.6 is 12.4 Å². The fourth-order valence-electron chi connectivity index (χ4n) is 3.19. The highest BCUT2D eigenvalue weighted by molar-refractivity contribution is 5.96. The minimum Gasteiger partial charge on any atom is -0.497 e. The van der Waals surface area contributed by atoms with Crippen molar-refractivity contribution in [2.45, 2.75) is 18.9 Å². The maximum atomic E-state index is 12.5. The Balaban J connectivity index is 0.00000225. The summed E-state index contributed by atoms with van der Waals surface area (Å²) in [5.41, 5.74) is 8.36. The Kier molecular flexibility index (Phi) is 5.96. The summed E-state index contributed by atoms with van der Waals surface area (Å²) in [5.74, 6) is 1.67. The number of ether oxygens (including phenoxy) is 1. The number of methoxy groups -OCH3 is 1. The molecule has 1 fully saturated rings. The van der Waals surface area contributed by atoms with Gasteiger partial charge in [-0.2, -0.15) is 4.98 Å². The van der Waals surface area contributed by atoms with Crippen molar-refractivity contribution in [1.29, 1.82) is 0 Å². The highest BCUT2D eigenvalue weighted by Crippen LogP contribution is 2.32. The van der Waals surface area contributed by atoms with E-state index in [1.807, 2.05) is 48.5 Å². The molecule has 3 aromatic rings. The highest BCUT2D eigenvalue weighted by atomic mass is 35.5. The fourth-order valence-corrected chi connectivity index (χ4v) is 3.19. The molecule has 2 aromatic carbocycles. The van der Waals surface area contributed by atoms with Crippen molar-refractivity contribution in [2.24, 2.45) is 5.73 Å². The Morgan fingerprint density at radius 2 is 1.89 bits per heavy atom. The van der Waals surface area contributed by atoms with Crippen molar-refractivity contribution in [3.63, 3.8) is 0 Å². The van der Waals surface area contributed by atoms with Gasteiger partial charge in [0.05, 0.1) is 13.0 Å². The van der Waals surface area contributed by atoms with Crippen LogP contribution in [-0.2, 0) is 11.3 Å². The normalized spacial score (nSPS) is 16.1. The predicted molar refractivity (Wildman–Crippen MR) is 108 cm³/mol. The Morgan fingerprint density at radius 1 is 1.18 bits per heavy atom. The van der Waals surface area contributed by atoms with E-state index in [1.165, 1.54) is 0 Å². The molecular weight excluding hydrogens is 380 g/mol. The number of rotatable bonds is 5. The SMILES string of the molecule is COc1ccc(N2CC(c3nc(-c4ccc(CN)cc4)no3)CC2=O)cc1.Cl. The average Bonchev–Trinajstić information content (AvgIpc) is 3.35. The number of hydrogen-bond acceptors (Lipinski definition) is 6. The van der Waals surface area contributed by atoms with E-state index in [0.29, 0.717) is 31.2 Å². The molecule has 28 heavy (non-hydrogen) atoms. The van der Waals surface area contributed by atoms with E-state index >= 15 is 0 Å². The van der Waals surface area contributed by atoms with Crippen LogP contribution in [0.1, 0.15) is 23.8 Å². The van der Waals surface area contributed by atoms with E-state index in [2.05, 4.69) is 10.1 Å². The standard InChI is InChI=1S/C20H20N4O3.ClH/c1-26-17-8-6-16(7-9-17)24-12-15(10-18(24)25)20-22-19(23-27-20)14-4-2-13(11-21)3-5-14;/h2-9,15H,10-12,21H2,1H3;1H. The van der Waals surface area contributed by atoms with Crippen LogP contribution < -0.4 is 15.4 Å². The number of hydrogen-bond donors (Lipinski definition) is 1. The van der Waals surface area contributed by atoms with Crippen molar-refractivity contribution >= 4 is 24.0 Å². The molecule has 2 heterocycles.